The van der Waals surface area contributed by atoms with Crippen molar-refractivity contribution in [2.45, 2.75) is 12.5 Å². The Bertz CT molecular complexity index is 1110. The largest absolute Gasteiger partial charge is 0.507 e. The minimum absolute atomic E-state index is 0.125. The van der Waals surface area contributed by atoms with Crippen LogP contribution in [0.5, 0.6) is 0 Å². The number of nitrogens with zero attached hydrogens (tertiary/aromatic N) is 1. The number of likely N-dealkylation sites (tertiary alicyclic amines) is 1. The molecule has 0 saturated carbocycles. The Morgan fingerprint density at radius 3 is 2.43 bits per heavy atom. The van der Waals surface area contributed by atoms with Crippen LogP contribution in [0, 0.1) is 0 Å². The molecule has 0 unspecified atom stereocenters. The molecule has 1 aliphatic rings. The highest BCUT2D eigenvalue weighted by Crippen LogP contribution is 2.41. The van der Waals surface area contributed by atoms with Crippen LogP contribution in [-0.2, 0) is 14.3 Å². The topological polar surface area (TPSA) is 66.8 Å². The molecule has 1 heterocycles. The van der Waals surface area contributed by atoms with Crippen LogP contribution < -0.4 is 0 Å². The van der Waals surface area contributed by atoms with E-state index in [1.54, 1.807) is 36.3 Å². The summed E-state index contributed by atoms with van der Waals surface area (Å²) in [5.74, 6) is -1.41. The molecular weight excluding hydrogens is 378 g/mol. The van der Waals surface area contributed by atoms with E-state index >= 15 is 0 Å². The van der Waals surface area contributed by atoms with Crippen molar-refractivity contribution in [2.75, 3.05) is 20.3 Å². The molecule has 0 radical (unpaired) electrons. The van der Waals surface area contributed by atoms with Gasteiger partial charge in [0.25, 0.3) is 11.7 Å². The predicted molar refractivity (Wildman–Crippen MR) is 116 cm³/mol. The van der Waals surface area contributed by atoms with E-state index < -0.39 is 17.7 Å². The first-order valence-corrected chi connectivity index (χ1v) is 9.94. The molecule has 1 atom stereocenters. The fourth-order valence-electron chi connectivity index (χ4n) is 4.05. The zero-order valence-electron chi connectivity index (χ0n) is 16.7. The van der Waals surface area contributed by atoms with Crippen molar-refractivity contribution >= 4 is 28.2 Å². The summed E-state index contributed by atoms with van der Waals surface area (Å²) < 4.78 is 5.13. The lowest BCUT2D eigenvalue weighted by atomic mass is 9.91. The number of hydrogen-bond acceptors (Lipinski definition) is 4. The standard InChI is InChI=1S/C25H23NO4/c1-30-16-8-15-26-22(20-14-7-12-17-9-5-6-13-19(17)20)21(24(28)25(26)29)23(27)18-10-3-2-4-11-18/h2-7,9-14,22,27H,8,15-16H2,1H3/b23-21+/t22-/m1/s1. The van der Waals surface area contributed by atoms with Crippen LogP contribution in [0.3, 0.4) is 0 Å². The monoisotopic (exact) mass is 401 g/mol. The number of Topliss-reactive ketones (excluding diaryl/α,β-unsaturated/α-hetero) is 1. The van der Waals surface area contributed by atoms with Crippen molar-refractivity contribution in [2.24, 2.45) is 0 Å². The predicted octanol–water partition coefficient (Wildman–Crippen LogP) is 4.30. The Morgan fingerprint density at radius 2 is 1.67 bits per heavy atom. The van der Waals surface area contributed by atoms with Gasteiger partial charge in [-0.25, -0.2) is 0 Å². The number of methoxy groups -OCH3 is 1. The van der Waals surface area contributed by atoms with E-state index in [-0.39, 0.29) is 11.3 Å². The van der Waals surface area contributed by atoms with Crippen molar-refractivity contribution in [3.8, 4) is 0 Å². The lowest BCUT2D eigenvalue weighted by Gasteiger charge is -2.26. The van der Waals surface area contributed by atoms with Gasteiger partial charge in [0.1, 0.15) is 5.76 Å². The van der Waals surface area contributed by atoms with Gasteiger partial charge in [-0.05, 0) is 22.8 Å². The Labute approximate surface area is 175 Å². The van der Waals surface area contributed by atoms with Gasteiger partial charge in [0, 0.05) is 25.8 Å². The minimum Gasteiger partial charge on any atom is -0.507 e. The number of rotatable bonds is 6. The summed E-state index contributed by atoms with van der Waals surface area (Å²) in [6.45, 7) is 0.835. The molecule has 3 aromatic carbocycles. The Morgan fingerprint density at radius 1 is 0.967 bits per heavy atom. The van der Waals surface area contributed by atoms with Gasteiger partial charge in [-0.2, -0.15) is 0 Å². The summed E-state index contributed by atoms with van der Waals surface area (Å²) in [4.78, 5) is 27.6. The highest BCUT2D eigenvalue weighted by atomic mass is 16.5. The Hall–Kier alpha value is -3.44. The molecule has 0 aromatic heterocycles. The molecule has 1 amide bonds. The van der Waals surface area contributed by atoms with Gasteiger partial charge in [0.2, 0.25) is 0 Å². The van der Waals surface area contributed by atoms with Crippen molar-refractivity contribution in [1.82, 2.24) is 4.90 Å². The molecular formula is C25H23NO4. The van der Waals surface area contributed by atoms with E-state index in [2.05, 4.69) is 0 Å². The molecule has 0 bridgehead atoms. The SMILES string of the molecule is COCCCN1C(=O)C(=O)/C(=C(/O)c2ccccc2)[C@H]1c1cccc2ccccc12. The maximum Gasteiger partial charge on any atom is 0.295 e. The molecule has 5 heteroatoms. The van der Waals surface area contributed by atoms with Crippen LogP contribution in [0.4, 0.5) is 0 Å². The average molecular weight is 401 g/mol. The summed E-state index contributed by atoms with van der Waals surface area (Å²) in [5, 5.41) is 13.0. The fraction of sp³-hybridized carbons (Fsp3) is 0.200. The van der Waals surface area contributed by atoms with Crippen LogP contribution in [0.25, 0.3) is 16.5 Å². The molecule has 0 aliphatic carbocycles. The molecule has 30 heavy (non-hydrogen) atoms. The first kappa shape index (κ1) is 19.9. The number of benzene rings is 3. The van der Waals surface area contributed by atoms with Crippen molar-refractivity contribution < 1.29 is 19.4 Å². The third-order valence-electron chi connectivity index (χ3n) is 5.45. The molecule has 1 aliphatic heterocycles. The van der Waals surface area contributed by atoms with Crippen LogP contribution in [0.15, 0.2) is 78.4 Å². The molecule has 1 fully saturated rings. The highest BCUT2D eigenvalue weighted by molar-refractivity contribution is 6.46. The third kappa shape index (κ3) is 3.48. The summed E-state index contributed by atoms with van der Waals surface area (Å²) in [6.07, 6.45) is 0.593. The number of aliphatic hydroxyl groups excluding tert-OH is 1. The molecule has 0 spiro atoms. The van der Waals surface area contributed by atoms with E-state index in [1.165, 1.54) is 0 Å². The van der Waals surface area contributed by atoms with Crippen LogP contribution in [-0.4, -0.2) is 42.0 Å². The van der Waals surface area contributed by atoms with Crippen LogP contribution >= 0.6 is 0 Å². The maximum absolute atomic E-state index is 13.0. The molecule has 1 saturated heterocycles. The second-order valence-electron chi connectivity index (χ2n) is 7.27. The van der Waals surface area contributed by atoms with E-state index in [9.17, 15) is 14.7 Å². The molecule has 152 valence electrons. The Balaban J connectivity index is 1.92. The number of aliphatic hydroxyl groups is 1. The number of amides is 1. The van der Waals surface area contributed by atoms with E-state index in [0.29, 0.717) is 25.1 Å². The third-order valence-corrected chi connectivity index (χ3v) is 5.45. The van der Waals surface area contributed by atoms with Crippen LogP contribution in [0.1, 0.15) is 23.6 Å². The van der Waals surface area contributed by atoms with E-state index in [4.69, 9.17) is 4.74 Å². The molecule has 1 N–H and O–H groups in total. The highest BCUT2D eigenvalue weighted by Gasteiger charge is 2.46. The van der Waals surface area contributed by atoms with Gasteiger partial charge in [-0.1, -0.05) is 72.8 Å². The fourth-order valence-corrected chi connectivity index (χ4v) is 4.05. The van der Waals surface area contributed by atoms with Gasteiger partial charge in [0.15, 0.2) is 0 Å². The van der Waals surface area contributed by atoms with Crippen molar-refractivity contribution in [1.29, 1.82) is 0 Å². The van der Waals surface area contributed by atoms with Gasteiger partial charge in [-0.3, -0.25) is 9.59 Å². The van der Waals surface area contributed by atoms with Gasteiger partial charge in [-0.15, -0.1) is 0 Å². The first-order valence-electron chi connectivity index (χ1n) is 9.94. The molecule has 5 nitrogen and oxygen atoms in total. The minimum atomic E-state index is -0.660. The average Bonchev–Trinajstić information content (AvgIpc) is 3.04. The van der Waals surface area contributed by atoms with E-state index in [1.807, 2.05) is 48.5 Å². The summed E-state index contributed by atoms with van der Waals surface area (Å²) in [5.41, 5.74) is 1.46. The normalized spacial score (nSPS) is 18.3. The van der Waals surface area contributed by atoms with Crippen molar-refractivity contribution in [3.05, 3.63) is 89.5 Å². The summed E-state index contributed by atoms with van der Waals surface area (Å²) in [6, 6.07) is 21.9. The summed E-state index contributed by atoms with van der Waals surface area (Å²) in [7, 11) is 1.60. The number of ketones is 1. The quantitative estimate of drug-likeness (QED) is 0.289. The zero-order valence-corrected chi connectivity index (χ0v) is 16.7. The smallest absolute Gasteiger partial charge is 0.295 e. The molecule has 3 aromatic rings. The van der Waals surface area contributed by atoms with Gasteiger partial charge < -0.3 is 14.7 Å². The maximum atomic E-state index is 13.0. The van der Waals surface area contributed by atoms with E-state index in [0.717, 1.165) is 16.3 Å². The lowest BCUT2D eigenvalue weighted by molar-refractivity contribution is -0.140. The summed E-state index contributed by atoms with van der Waals surface area (Å²) >= 11 is 0. The number of hydrogen-bond donors (Lipinski definition) is 1. The number of ether oxygens (including phenoxy) is 1. The number of carbonyl (C=O) groups is 2. The van der Waals surface area contributed by atoms with Gasteiger partial charge in [0.05, 0.1) is 11.6 Å². The lowest BCUT2D eigenvalue weighted by Crippen LogP contribution is -2.31. The zero-order chi connectivity index (χ0) is 21.1. The second-order valence-corrected chi connectivity index (χ2v) is 7.27. The van der Waals surface area contributed by atoms with Gasteiger partial charge >= 0.3 is 0 Å². The number of carbonyl (C=O) groups excluding carboxylic acids is 2. The molecule has 4 rings (SSSR count). The van der Waals surface area contributed by atoms with Crippen molar-refractivity contribution in [3.63, 3.8) is 0 Å². The Kier molecular flexibility index (Phi) is 5.63. The second kappa shape index (κ2) is 8.51. The van der Waals surface area contributed by atoms with Crippen LogP contribution in [0.2, 0.25) is 0 Å². The number of fused-ring (bicyclic) bond motifs is 1. The first-order chi connectivity index (χ1) is 14.6.